The van der Waals surface area contributed by atoms with Crippen LogP contribution < -0.4 is 5.73 Å². The van der Waals surface area contributed by atoms with E-state index in [1.807, 2.05) is 5.38 Å². The van der Waals surface area contributed by atoms with E-state index in [-0.39, 0.29) is 6.04 Å². The molecule has 4 heteroatoms. The molecule has 0 aliphatic carbocycles. The zero-order valence-corrected chi connectivity index (χ0v) is 9.58. The minimum atomic E-state index is -0.163. The zero-order chi connectivity index (χ0) is 10.8. The largest absolute Gasteiger partial charge is 0.319 e. The van der Waals surface area contributed by atoms with E-state index < -0.39 is 0 Å². The summed E-state index contributed by atoms with van der Waals surface area (Å²) in [5.74, 6) is 0. The van der Waals surface area contributed by atoms with Crippen molar-refractivity contribution in [2.75, 3.05) is 0 Å². The lowest BCUT2D eigenvalue weighted by Crippen LogP contribution is -2.13. The van der Waals surface area contributed by atoms with E-state index in [0.717, 1.165) is 11.3 Å². The van der Waals surface area contributed by atoms with Gasteiger partial charge in [0.05, 0.1) is 11.7 Å². The van der Waals surface area contributed by atoms with Gasteiger partial charge in [0.15, 0.2) is 0 Å². The highest BCUT2D eigenvalue weighted by atomic mass is 32.1. The smallest absolute Gasteiger partial charge is 0.0968 e. The molecule has 1 heterocycles. The van der Waals surface area contributed by atoms with Gasteiger partial charge in [0.25, 0.3) is 0 Å². The monoisotopic (exact) mass is 219 g/mol. The summed E-state index contributed by atoms with van der Waals surface area (Å²) in [6.45, 7) is 4.13. The summed E-state index contributed by atoms with van der Waals surface area (Å²) in [7, 11) is 0. The van der Waals surface area contributed by atoms with Gasteiger partial charge >= 0.3 is 0 Å². The number of nitrogens with zero attached hydrogens (tertiary/aromatic N) is 2. The van der Waals surface area contributed by atoms with Gasteiger partial charge in [0, 0.05) is 5.38 Å². The number of aryl methyl sites for hydroxylation is 2. The lowest BCUT2D eigenvalue weighted by Gasteiger charge is -2.12. The summed E-state index contributed by atoms with van der Waals surface area (Å²) in [6, 6.07) is 6.12. The number of hydrogen-bond donors (Lipinski definition) is 1. The van der Waals surface area contributed by atoms with E-state index >= 15 is 0 Å². The van der Waals surface area contributed by atoms with Crippen molar-refractivity contribution < 1.29 is 0 Å². The lowest BCUT2D eigenvalue weighted by atomic mass is 9.98. The van der Waals surface area contributed by atoms with Crippen LogP contribution in [0.15, 0.2) is 23.6 Å². The van der Waals surface area contributed by atoms with Crippen LogP contribution in [0.2, 0.25) is 0 Å². The molecule has 0 saturated carbocycles. The molecular weight excluding hydrogens is 206 g/mol. The van der Waals surface area contributed by atoms with Gasteiger partial charge in [0.1, 0.15) is 0 Å². The van der Waals surface area contributed by atoms with Crippen molar-refractivity contribution in [3.05, 3.63) is 46.0 Å². The third kappa shape index (κ3) is 2.06. The van der Waals surface area contributed by atoms with Crippen molar-refractivity contribution >= 4 is 11.5 Å². The van der Waals surface area contributed by atoms with E-state index in [9.17, 15) is 0 Å². The van der Waals surface area contributed by atoms with Crippen molar-refractivity contribution in [1.29, 1.82) is 0 Å². The molecule has 0 fully saturated rings. The van der Waals surface area contributed by atoms with Gasteiger partial charge in [-0.25, -0.2) is 0 Å². The van der Waals surface area contributed by atoms with E-state index in [1.54, 1.807) is 0 Å². The molecule has 0 aliphatic heterocycles. The van der Waals surface area contributed by atoms with Crippen molar-refractivity contribution in [3.63, 3.8) is 0 Å². The maximum absolute atomic E-state index is 6.13. The molecule has 78 valence electrons. The lowest BCUT2D eigenvalue weighted by molar-refractivity contribution is 0.810. The second-order valence-electron chi connectivity index (χ2n) is 3.67. The molecule has 15 heavy (non-hydrogen) atoms. The standard InChI is InChI=1S/C11H13N3S/c1-7-3-4-8(2)9(5-7)11(12)10-6-15-14-13-10/h3-6,11H,12H2,1-2H3. The van der Waals surface area contributed by atoms with Crippen LogP contribution in [-0.4, -0.2) is 9.59 Å². The quantitative estimate of drug-likeness (QED) is 0.842. The fraction of sp³-hybridized carbons (Fsp3) is 0.273. The third-order valence-electron chi connectivity index (χ3n) is 2.47. The average Bonchev–Trinajstić information content (AvgIpc) is 2.74. The maximum atomic E-state index is 6.13. The van der Waals surface area contributed by atoms with Gasteiger partial charge in [-0.3, -0.25) is 0 Å². The van der Waals surface area contributed by atoms with Gasteiger partial charge in [0.2, 0.25) is 0 Å². The van der Waals surface area contributed by atoms with Crippen molar-refractivity contribution in [2.45, 2.75) is 19.9 Å². The van der Waals surface area contributed by atoms with Gasteiger partial charge in [-0.1, -0.05) is 28.3 Å². The predicted molar refractivity (Wildman–Crippen MR) is 61.9 cm³/mol. The summed E-state index contributed by atoms with van der Waals surface area (Å²) in [5.41, 5.74) is 10.5. The normalized spacial score (nSPS) is 12.7. The molecule has 2 N–H and O–H groups in total. The molecule has 3 nitrogen and oxygen atoms in total. The summed E-state index contributed by atoms with van der Waals surface area (Å²) >= 11 is 1.33. The fourth-order valence-electron chi connectivity index (χ4n) is 1.56. The van der Waals surface area contributed by atoms with Crippen LogP contribution in [0.4, 0.5) is 0 Å². The van der Waals surface area contributed by atoms with E-state index in [0.29, 0.717) is 0 Å². The Balaban J connectivity index is 2.41. The molecule has 2 aromatic rings. The van der Waals surface area contributed by atoms with Crippen LogP contribution in [0.5, 0.6) is 0 Å². The zero-order valence-electron chi connectivity index (χ0n) is 8.77. The first kappa shape index (κ1) is 10.3. The first-order valence-corrected chi connectivity index (χ1v) is 5.62. The minimum absolute atomic E-state index is 0.163. The molecule has 0 radical (unpaired) electrons. The molecule has 0 aliphatic rings. The van der Waals surface area contributed by atoms with Crippen LogP contribution in [0.1, 0.15) is 28.4 Å². The van der Waals surface area contributed by atoms with E-state index in [1.165, 1.54) is 22.7 Å². The Morgan fingerprint density at radius 2 is 2.13 bits per heavy atom. The van der Waals surface area contributed by atoms with Crippen LogP contribution in [0.3, 0.4) is 0 Å². The van der Waals surface area contributed by atoms with Crippen LogP contribution in [-0.2, 0) is 0 Å². The summed E-state index contributed by atoms with van der Waals surface area (Å²) in [6.07, 6.45) is 0. The second kappa shape index (κ2) is 4.08. The number of hydrogen-bond acceptors (Lipinski definition) is 4. The van der Waals surface area contributed by atoms with Crippen LogP contribution in [0, 0.1) is 13.8 Å². The highest BCUT2D eigenvalue weighted by molar-refractivity contribution is 7.03. The summed E-state index contributed by atoms with van der Waals surface area (Å²) < 4.78 is 3.83. The molecule has 1 atom stereocenters. The maximum Gasteiger partial charge on any atom is 0.0968 e. The number of benzene rings is 1. The molecule has 1 unspecified atom stereocenters. The van der Waals surface area contributed by atoms with Gasteiger partial charge < -0.3 is 5.73 Å². The van der Waals surface area contributed by atoms with Gasteiger partial charge in [-0.05, 0) is 36.5 Å². The van der Waals surface area contributed by atoms with E-state index in [2.05, 4.69) is 41.6 Å². The highest BCUT2D eigenvalue weighted by Crippen LogP contribution is 2.22. The molecule has 1 aromatic heterocycles. The van der Waals surface area contributed by atoms with Crippen LogP contribution >= 0.6 is 11.5 Å². The minimum Gasteiger partial charge on any atom is -0.319 e. The molecule has 0 saturated heterocycles. The molecular formula is C11H13N3S. The highest BCUT2D eigenvalue weighted by Gasteiger charge is 2.13. The van der Waals surface area contributed by atoms with Gasteiger partial charge in [-0.2, -0.15) is 0 Å². The molecule has 0 spiro atoms. The molecule has 0 bridgehead atoms. The topological polar surface area (TPSA) is 51.8 Å². The molecule has 0 amide bonds. The van der Waals surface area contributed by atoms with Crippen molar-refractivity contribution in [1.82, 2.24) is 9.59 Å². The predicted octanol–water partition coefficient (Wildman–Crippen LogP) is 2.20. The Morgan fingerprint density at radius 3 is 2.80 bits per heavy atom. The van der Waals surface area contributed by atoms with Crippen molar-refractivity contribution in [2.24, 2.45) is 5.73 Å². The third-order valence-corrected chi connectivity index (χ3v) is 2.99. The first-order valence-electron chi connectivity index (χ1n) is 4.78. The average molecular weight is 219 g/mol. The Morgan fingerprint density at radius 1 is 1.33 bits per heavy atom. The number of nitrogens with two attached hydrogens (primary N) is 1. The van der Waals surface area contributed by atoms with E-state index in [4.69, 9.17) is 5.73 Å². The first-order chi connectivity index (χ1) is 7.18. The van der Waals surface area contributed by atoms with Crippen molar-refractivity contribution in [3.8, 4) is 0 Å². The summed E-state index contributed by atoms with van der Waals surface area (Å²) in [4.78, 5) is 0. The Hall–Kier alpha value is -1.26. The molecule has 2 rings (SSSR count). The Kier molecular flexibility index (Phi) is 2.79. The Bertz CT molecular complexity index is 451. The Labute approximate surface area is 93.1 Å². The number of rotatable bonds is 2. The SMILES string of the molecule is Cc1ccc(C)c(C(N)c2csnn2)c1. The fourth-order valence-corrected chi connectivity index (χ4v) is 2.05. The molecule has 1 aromatic carbocycles. The second-order valence-corrected chi connectivity index (χ2v) is 4.28. The van der Waals surface area contributed by atoms with Gasteiger partial charge in [-0.15, -0.1) is 5.10 Å². The summed E-state index contributed by atoms with van der Waals surface area (Å²) in [5, 5.41) is 5.90. The van der Waals surface area contributed by atoms with Crippen LogP contribution in [0.25, 0.3) is 0 Å². The number of aromatic nitrogens is 2.